The van der Waals surface area contributed by atoms with E-state index in [1.165, 1.54) is 0 Å². The van der Waals surface area contributed by atoms with Gasteiger partial charge in [-0.25, -0.2) is 4.79 Å². The normalized spacial score (nSPS) is 47.8. The third-order valence-electron chi connectivity index (χ3n) is 5.26. The molecule has 6 atom stereocenters. The van der Waals surface area contributed by atoms with E-state index in [0.29, 0.717) is 19.3 Å². The lowest BCUT2D eigenvalue weighted by atomic mass is 9.76. The predicted octanol–water partition coefficient (Wildman–Crippen LogP) is 0.155. The zero-order chi connectivity index (χ0) is 14.7. The summed E-state index contributed by atoms with van der Waals surface area (Å²) < 4.78 is 5.26. The van der Waals surface area contributed by atoms with Gasteiger partial charge in [-0.15, -0.1) is 0 Å². The number of hydrogen-bond acceptors (Lipinski definition) is 5. The summed E-state index contributed by atoms with van der Waals surface area (Å²) >= 11 is 0. The van der Waals surface area contributed by atoms with E-state index in [1.54, 1.807) is 0 Å². The number of aliphatic hydroxyl groups excluding tert-OH is 2. The molecule has 0 aromatic rings. The smallest absolute Gasteiger partial charge is 0.334 e. The highest BCUT2D eigenvalue weighted by atomic mass is 16.6. The molecule has 0 spiro atoms. The Balaban J connectivity index is 2.02. The van der Waals surface area contributed by atoms with Crippen molar-refractivity contribution in [3.63, 3.8) is 0 Å². The van der Waals surface area contributed by atoms with E-state index in [2.05, 4.69) is 13.2 Å². The largest absolute Gasteiger partial charge is 0.458 e. The van der Waals surface area contributed by atoms with Crippen LogP contribution in [0.3, 0.4) is 0 Å². The lowest BCUT2D eigenvalue weighted by molar-refractivity contribution is -0.139. The van der Waals surface area contributed by atoms with Crippen molar-refractivity contribution in [2.45, 2.75) is 37.1 Å². The van der Waals surface area contributed by atoms with Crippen LogP contribution in [0, 0.1) is 17.8 Å². The Morgan fingerprint density at radius 2 is 2.10 bits per heavy atom. The molecule has 3 fully saturated rings. The third kappa shape index (κ3) is 1.70. The molecule has 0 radical (unpaired) electrons. The van der Waals surface area contributed by atoms with Crippen LogP contribution in [0.5, 0.6) is 0 Å². The first kappa shape index (κ1) is 13.8. The van der Waals surface area contributed by atoms with Gasteiger partial charge in [-0.2, -0.15) is 0 Å². The number of aliphatic hydroxyl groups is 3. The van der Waals surface area contributed by atoms with Crippen LogP contribution in [-0.4, -0.2) is 45.7 Å². The van der Waals surface area contributed by atoms with E-state index in [4.69, 9.17) is 4.74 Å². The molecule has 2 saturated carbocycles. The van der Waals surface area contributed by atoms with Crippen LogP contribution < -0.4 is 0 Å². The molecule has 0 aromatic carbocycles. The van der Waals surface area contributed by atoms with E-state index in [9.17, 15) is 20.1 Å². The number of ether oxygens (including phenoxy) is 1. The highest BCUT2D eigenvalue weighted by Gasteiger charge is 2.58. The molecule has 2 aliphatic carbocycles. The van der Waals surface area contributed by atoms with Crippen LogP contribution in [0.1, 0.15) is 19.3 Å². The average molecular weight is 280 g/mol. The van der Waals surface area contributed by atoms with Crippen LogP contribution in [0.25, 0.3) is 0 Å². The molecule has 1 heterocycles. The molecular weight excluding hydrogens is 260 g/mol. The molecule has 20 heavy (non-hydrogen) atoms. The number of carbonyl (C=O) groups is 1. The van der Waals surface area contributed by atoms with E-state index in [0.717, 1.165) is 5.57 Å². The van der Waals surface area contributed by atoms with Gasteiger partial charge >= 0.3 is 5.97 Å². The van der Waals surface area contributed by atoms with Crippen molar-refractivity contribution in [3.8, 4) is 0 Å². The standard InChI is InChI=1S/C15H20O5/c1-7-5-10-11(8(2)14(18)20-10)13(17)12-9(7)3-4-15(12,19)6-16/h9-13,16-17,19H,1-6H2/t9-,10+,11-,12+,13+,15+/m1/s1. The first-order valence-electron chi connectivity index (χ1n) is 6.98. The molecule has 0 aromatic heterocycles. The van der Waals surface area contributed by atoms with Crippen LogP contribution in [-0.2, 0) is 9.53 Å². The maximum atomic E-state index is 11.7. The highest BCUT2D eigenvalue weighted by Crippen LogP contribution is 2.52. The second-order valence-electron chi connectivity index (χ2n) is 6.28. The van der Waals surface area contributed by atoms with Crippen LogP contribution in [0.2, 0.25) is 0 Å². The second-order valence-corrected chi connectivity index (χ2v) is 6.28. The molecule has 3 rings (SSSR count). The molecule has 5 nitrogen and oxygen atoms in total. The summed E-state index contributed by atoms with van der Waals surface area (Å²) in [5, 5.41) is 30.8. The highest BCUT2D eigenvalue weighted by molar-refractivity contribution is 5.91. The van der Waals surface area contributed by atoms with Crippen molar-refractivity contribution in [1.82, 2.24) is 0 Å². The molecule has 3 aliphatic rings. The monoisotopic (exact) mass is 280 g/mol. The Morgan fingerprint density at radius 1 is 1.40 bits per heavy atom. The van der Waals surface area contributed by atoms with E-state index >= 15 is 0 Å². The van der Waals surface area contributed by atoms with Gasteiger partial charge in [-0.05, 0) is 18.8 Å². The van der Waals surface area contributed by atoms with E-state index in [1.807, 2.05) is 0 Å². The molecule has 110 valence electrons. The zero-order valence-electron chi connectivity index (χ0n) is 11.3. The summed E-state index contributed by atoms with van der Waals surface area (Å²) in [6.45, 7) is 7.35. The molecule has 1 aliphatic heterocycles. The fraction of sp³-hybridized carbons (Fsp3) is 0.667. The number of hydrogen-bond donors (Lipinski definition) is 3. The first-order valence-corrected chi connectivity index (χ1v) is 6.98. The SMILES string of the molecule is C=C1C(=O)O[C@H]2CC(=C)[C@H]3CC[C@](O)(CO)[C@@H]3[C@@H](O)[C@H]12. The minimum atomic E-state index is -1.33. The van der Waals surface area contributed by atoms with E-state index in [-0.39, 0.29) is 11.5 Å². The van der Waals surface area contributed by atoms with Crippen molar-refractivity contribution in [2.75, 3.05) is 6.61 Å². The van der Waals surface area contributed by atoms with Gasteiger partial charge in [-0.3, -0.25) is 0 Å². The minimum absolute atomic E-state index is 0.0562. The minimum Gasteiger partial charge on any atom is -0.458 e. The molecule has 0 bridgehead atoms. The van der Waals surface area contributed by atoms with Crippen molar-refractivity contribution in [1.29, 1.82) is 0 Å². The molecule has 5 heteroatoms. The maximum absolute atomic E-state index is 11.7. The van der Waals surface area contributed by atoms with Crippen molar-refractivity contribution < 1.29 is 24.9 Å². The zero-order valence-corrected chi connectivity index (χ0v) is 11.3. The maximum Gasteiger partial charge on any atom is 0.334 e. The molecular formula is C15H20O5. The Hall–Kier alpha value is -1.17. The van der Waals surface area contributed by atoms with Gasteiger partial charge in [0.15, 0.2) is 0 Å². The lowest BCUT2D eigenvalue weighted by Gasteiger charge is -2.36. The average Bonchev–Trinajstić information content (AvgIpc) is 2.85. The number of esters is 1. The number of rotatable bonds is 1. The number of fused-ring (bicyclic) bond motifs is 2. The fourth-order valence-electron chi connectivity index (χ4n) is 4.20. The molecule has 0 amide bonds. The summed E-state index contributed by atoms with van der Waals surface area (Å²) in [4.78, 5) is 11.7. The van der Waals surface area contributed by atoms with Gasteiger partial charge in [-0.1, -0.05) is 18.7 Å². The van der Waals surface area contributed by atoms with Gasteiger partial charge < -0.3 is 20.1 Å². The molecule has 0 unspecified atom stereocenters. The number of carbonyl (C=O) groups excluding carboxylic acids is 1. The van der Waals surface area contributed by atoms with Crippen LogP contribution >= 0.6 is 0 Å². The summed E-state index contributed by atoms with van der Waals surface area (Å²) in [6.07, 6.45) is 0.175. The van der Waals surface area contributed by atoms with Gasteiger partial charge in [0, 0.05) is 17.9 Å². The van der Waals surface area contributed by atoms with Crippen molar-refractivity contribution >= 4 is 5.97 Å². The Bertz CT molecular complexity index is 485. The topological polar surface area (TPSA) is 87.0 Å². The fourth-order valence-corrected chi connectivity index (χ4v) is 4.20. The summed E-state index contributed by atoms with van der Waals surface area (Å²) in [5.41, 5.74) is -0.204. The van der Waals surface area contributed by atoms with Crippen molar-refractivity contribution in [3.05, 3.63) is 24.3 Å². The van der Waals surface area contributed by atoms with Gasteiger partial charge in [0.05, 0.1) is 24.2 Å². The summed E-state index contributed by atoms with van der Waals surface area (Å²) in [5.74, 6) is -1.60. The van der Waals surface area contributed by atoms with E-state index < -0.39 is 42.2 Å². The predicted molar refractivity (Wildman–Crippen MR) is 70.5 cm³/mol. The Labute approximate surface area is 117 Å². The van der Waals surface area contributed by atoms with Crippen LogP contribution in [0.15, 0.2) is 24.3 Å². The summed E-state index contributed by atoms with van der Waals surface area (Å²) in [7, 11) is 0. The lowest BCUT2D eigenvalue weighted by Crippen LogP contribution is -2.48. The quantitative estimate of drug-likeness (QED) is 0.362. The second kappa shape index (κ2) is 4.41. The van der Waals surface area contributed by atoms with Crippen LogP contribution in [0.4, 0.5) is 0 Å². The van der Waals surface area contributed by atoms with Gasteiger partial charge in [0.25, 0.3) is 0 Å². The van der Waals surface area contributed by atoms with Gasteiger partial charge in [0.2, 0.25) is 0 Å². The summed E-state index contributed by atoms with van der Waals surface area (Å²) in [6, 6.07) is 0. The Kier molecular flexibility index (Phi) is 3.04. The van der Waals surface area contributed by atoms with Crippen molar-refractivity contribution in [2.24, 2.45) is 17.8 Å². The first-order chi connectivity index (χ1) is 9.39. The molecule has 1 saturated heterocycles. The third-order valence-corrected chi connectivity index (χ3v) is 5.26. The van der Waals surface area contributed by atoms with Gasteiger partial charge in [0.1, 0.15) is 6.10 Å². The molecule has 3 N–H and O–H groups in total. The Morgan fingerprint density at radius 3 is 2.75 bits per heavy atom.